The average molecular weight is 501 g/mol. The molecule has 0 aliphatic carbocycles. The molecule has 1 aliphatic heterocycles. The molecule has 1 N–H and O–H groups in total. The Kier molecular flexibility index (Phi) is 8.14. The van der Waals surface area contributed by atoms with Gasteiger partial charge in [-0.05, 0) is 32.0 Å². The summed E-state index contributed by atoms with van der Waals surface area (Å²) in [6.45, 7) is 10.5. The Morgan fingerprint density at radius 2 is 1.82 bits per heavy atom. The van der Waals surface area contributed by atoms with E-state index in [9.17, 15) is 13.2 Å². The van der Waals surface area contributed by atoms with Crippen molar-refractivity contribution >= 4 is 60.7 Å². The largest absolute Gasteiger partial charge is 0.542 e. The van der Waals surface area contributed by atoms with E-state index < -0.39 is 12.1 Å². The molecule has 0 saturated carbocycles. The third-order valence-corrected chi connectivity index (χ3v) is 6.62. The van der Waals surface area contributed by atoms with Gasteiger partial charge < -0.3 is 25.0 Å². The summed E-state index contributed by atoms with van der Waals surface area (Å²) in [6.07, 6.45) is -5.19. The fourth-order valence-corrected chi connectivity index (χ4v) is 4.93. The van der Waals surface area contributed by atoms with E-state index in [1.54, 1.807) is 11.3 Å². The zero-order valence-electron chi connectivity index (χ0n) is 18.2. The normalized spacial score (nSPS) is 14.2. The van der Waals surface area contributed by atoms with Gasteiger partial charge in [-0.3, -0.25) is 0 Å². The zero-order valence-corrected chi connectivity index (χ0v) is 19.8. The fourth-order valence-electron chi connectivity index (χ4n) is 3.55. The van der Waals surface area contributed by atoms with Crippen molar-refractivity contribution in [2.75, 3.05) is 49.1 Å². The van der Waals surface area contributed by atoms with Crippen LogP contribution in [0.4, 0.5) is 24.5 Å². The van der Waals surface area contributed by atoms with Gasteiger partial charge in [0.2, 0.25) is 11.3 Å². The van der Waals surface area contributed by atoms with Crippen LogP contribution in [0.25, 0.3) is 20.4 Å². The lowest BCUT2D eigenvalue weighted by molar-refractivity contribution is -0.344. The Bertz CT molecular complexity index is 1140. The number of carbonyl (C=O) groups excluding carboxylic acids is 1. The number of carbonyl (C=O) groups is 1. The fraction of sp³-hybridized carbons (Fsp3) is 0.409. The minimum Gasteiger partial charge on any atom is -0.542 e. The highest BCUT2D eigenvalue weighted by Crippen LogP contribution is 2.35. The van der Waals surface area contributed by atoms with Gasteiger partial charge in [0.15, 0.2) is 0 Å². The van der Waals surface area contributed by atoms with Crippen molar-refractivity contribution in [3.63, 3.8) is 0 Å². The van der Waals surface area contributed by atoms with E-state index in [2.05, 4.69) is 53.2 Å². The monoisotopic (exact) mass is 500 g/mol. The van der Waals surface area contributed by atoms with Crippen molar-refractivity contribution in [2.24, 2.45) is 0 Å². The van der Waals surface area contributed by atoms with Crippen LogP contribution in [0, 0.1) is 0 Å². The molecule has 11 heteroatoms. The number of rotatable bonds is 4. The van der Waals surface area contributed by atoms with Gasteiger partial charge in [-0.1, -0.05) is 11.6 Å². The van der Waals surface area contributed by atoms with Crippen LogP contribution >= 0.6 is 22.9 Å². The van der Waals surface area contributed by atoms with Gasteiger partial charge in [0.05, 0.1) is 5.02 Å². The molecule has 0 radical (unpaired) electrons. The molecule has 0 amide bonds. The lowest BCUT2D eigenvalue weighted by Crippen LogP contribution is -2.43. The first-order valence-electron chi connectivity index (χ1n) is 10.5. The molecule has 1 fully saturated rings. The first kappa shape index (κ1) is 25.2. The molecule has 3 aromatic rings. The number of fused-ring (bicyclic) bond motifs is 2. The van der Waals surface area contributed by atoms with E-state index in [-0.39, 0.29) is 0 Å². The highest BCUT2D eigenvalue weighted by atomic mass is 35.5. The number of hydrogen-bond acceptors (Lipinski definition) is 6. The molecule has 1 aromatic heterocycles. The summed E-state index contributed by atoms with van der Waals surface area (Å²) in [5.74, 6) is -3.01. The molecule has 0 unspecified atom stereocenters. The number of alkyl halides is 3. The summed E-state index contributed by atoms with van der Waals surface area (Å²) in [6, 6.07) is 10.8. The topological polar surface area (TPSA) is 71.5 Å². The highest BCUT2D eigenvalue weighted by Gasteiger charge is 2.28. The maximum Gasteiger partial charge on any atom is 0.430 e. The summed E-state index contributed by atoms with van der Waals surface area (Å²) in [7, 11) is 0. The van der Waals surface area contributed by atoms with Gasteiger partial charge in [0.25, 0.3) is 9.40 Å². The maximum absolute atomic E-state index is 10.5. The Morgan fingerprint density at radius 3 is 2.39 bits per heavy atom. The smallest absolute Gasteiger partial charge is 0.430 e. The lowest BCUT2D eigenvalue weighted by Gasteiger charge is -2.29. The molecule has 1 aliphatic rings. The number of carboxylic acid groups (broad SMARTS) is 1. The van der Waals surface area contributed by atoms with E-state index in [1.807, 2.05) is 6.07 Å². The number of anilines is 2. The number of piperazine rings is 1. The summed E-state index contributed by atoms with van der Waals surface area (Å²) >= 11 is 8.36. The van der Waals surface area contributed by atoms with Gasteiger partial charge in [0.1, 0.15) is 17.0 Å². The van der Waals surface area contributed by atoms with E-state index in [1.165, 1.54) is 16.1 Å². The summed E-state index contributed by atoms with van der Waals surface area (Å²) in [4.78, 5) is 18.4. The Labute approximate surface area is 198 Å². The number of halogens is 4. The number of nitrogens with zero attached hydrogens (tertiary/aromatic N) is 3. The molecule has 1 saturated heterocycles. The molecule has 33 heavy (non-hydrogen) atoms. The molecule has 2 heterocycles. The van der Waals surface area contributed by atoms with Gasteiger partial charge in [-0.25, -0.2) is 4.98 Å². The lowest BCUT2D eigenvalue weighted by atomic mass is 10.2. The third kappa shape index (κ3) is 6.13. The number of aromatic nitrogens is 1. The molecule has 0 bridgehead atoms. The van der Waals surface area contributed by atoms with Crippen molar-refractivity contribution < 1.29 is 23.1 Å². The summed E-state index contributed by atoms with van der Waals surface area (Å²) < 4.78 is 33.9. The van der Waals surface area contributed by atoms with Crippen molar-refractivity contribution in [3.8, 4) is 0 Å². The van der Waals surface area contributed by atoms with Gasteiger partial charge in [-0.2, -0.15) is 13.2 Å². The van der Waals surface area contributed by atoms with Crippen LogP contribution in [-0.4, -0.2) is 56.4 Å². The van der Waals surface area contributed by atoms with Crippen LogP contribution in [0.1, 0.15) is 13.8 Å². The van der Waals surface area contributed by atoms with Crippen molar-refractivity contribution in [2.45, 2.75) is 20.0 Å². The second kappa shape index (κ2) is 10.7. The van der Waals surface area contributed by atoms with Crippen LogP contribution in [0.2, 0.25) is 5.02 Å². The highest BCUT2D eigenvalue weighted by molar-refractivity contribution is 7.24. The molecule has 0 spiro atoms. The third-order valence-electron chi connectivity index (χ3n) is 5.25. The Hall–Kier alpha value is -2.43. The number of benzene rings is 2. The molecule has 2 aromatic carbocycles. The van der Waals surface area contributed by atoms with Gasteiger partial charge in [0, 0.05) is 62.8 Å². The second-order valence-corrected chi connectivity index (χ2v) is 8.83. The molecule has 6 nitrogen and oxygen atoms in total. The van der Waals surface area contributed by atoms with Crippen molar-refractivity contribution in [1.29, 1.82) is 0 Å². The van der Waals surface area contributed by atoms with Gasteiger partial charge in [-0.15, -0.1) is 0 Å². The number of nitrogens with one attached hydrogen (secondary N) is 1. The first-order valence-corrected chi connectivity index (χ1v) is 11.7. The van der Waals surface area contributed by atoms with Crippen LogP contribution < -0.4 is 20.2 Å². The molecule has 4 rings (SSSR count). The van der Waals surface area contributed by atoms with E-state index in [4.69, 9.17) is 26.5 Å². The zero-order chi connectivity index (χ0) is 24.2. The summed E-state index contributed by atoms with van der Waals surface area (Å²) in [5, 5.41) is 12.9. The van der Waals surface area contributed by atoms with Crippen LogP contribution in [0.5, 0.6) is 0 Å². The molecule has 0 atom stereocenters. The van der Waals surface area contributed by atoms with E-state index in [0.717, 1.165) is 60.0 Å². The predicted molar refractivity (Wildman–Crippen MR) is 126 cm³/mol. The van der Waals surface area contributed by atoms with E-state index >= 15 is 0 Å². The SMILES string of the molecule is CCN(CC)c1cc(Cl)c2nc3ccc(N4CCNCC4)cc3[s+]c2c1.O=C([O-])C(F)(F)F. The predicted octanol–water partition coefficient (Wildman–Crippen LogP) is 3.94. The standard InChI is InChI=1S/C20H24ClN4S.C2HF3O2/c1-3-24(4-2)15-11-16(21)20-19(13-15)26-18-12-14(5-6-17(18)23-20)25-9-7-22-8-10-25;3-2(4,5)1(6)7/h5-6,11-13,22H,3-4,7-10H2,1-2H3;(H,6,7)/q+1;/p-1. The number of carboxylic acids is 1. The van der Waals surface area contributed by atoms with Crippen LogP contribution in [-0.2, 0) is 4.79 Å². The number of hydrogen-bond donors (Lipinski definition) is 1. The Balaban J connectivity index is 0.000000383. The van der Waals surface area contributed by atoms with Crippen molar-refractivity contribution in [3.05, 3.63) is 35.4 Å². The van der Waals surface area contributed by atoms with Crippen LogP contribution in [0.15, 0.2) is 30.3 Å². The Morgan fingerprint density at radius 1 is 1.18 bits per heavy atom. The first-order chi connectivity index (χ1) is 15.6. The molecular formula is C22H24ClF3N4O2S. The minimum absolute atomic E-state index is 0.730. The van der Waals surface area contributed by atoms with Crippen molar-refractivity contribution in [1.82, 2.24) is 10.3 Å². The second-order valence-electron chi connectivity index (χ2n) is 7.33. The summed E-state index contributed by atoms with van der Waals surface area (Å²) in [5.41, 5.74) is 4.36. The van der Waals surface area contributed by atoms with Gasteiger partial charge >= 0.3 is 6.18 Å². The number of aliphatic carboxylic acids is 1. The molecule has 178 valence electrons. The molecular weight excluding hydrogens is 477 g/mol. The van der Waals surface area contributed by atoms with E-state index in [0.29, 0.717) is 0 Å². The quantitative estimate of drug-likeness (QED) is 0.432. The minimum atomic E-state index is -5.19. The maximum atomic E-state index is 10.5. The van der Waals surface area contributed by atoms with Crippen LogP contribution in [0.3, 0.4) is 0 Å². The average Bonchev–Trinajstić information content (AvgIpc) is 2.79.